The fourth-order valence-corrected chi connectivity index (χ4v) is 0.610. The summed E-state index contributed by atoms with van der Waals surface area (Å²) in [6.07, 6.45) is 0. The Morgan fingerprint density at radius 1 is 1.71 bits per heavy atom. The molecule has 0 fully saturated rings. The average Bonchev–Trinajstić information content (AvgIpc) is 1.35. The minimum atomic E-state index is 0. The summed E-state index contributed by atoms with van der Waals surface area (Å²) in [6.45, 7) is 3.54. The summed E-state index contributed by atoms with van der Waals surface area (Å²) < 4.78 is 0. The average molecular weight is 120 g/mol. The van der Waals surface area contributed by atoms with Crippen molar-refractivity contribution in [2.45, 2.75) is 21.3 Å². The molecule has 0 rings (SSSR count). The van der Waals surface area contributed by atoms with Gasteiger partial charge in [0.05, 0.1) is 0 Å². The van der Waals surface area contributed by atoms with E-state index < -0.39 is 0 Å². The Bertz CT molecular complexity index is 52.0. The van der Waals surface area contributed by atoms with Crippen molar-refractivity contribution in [3.05, 3.63) is 0 Å². The van der Waals surface area contributed by atoms with E-state index in [1.54, 1.807) is 6.92 Å². The van der Waals surface area contributed by atoms with Crippen LogP contribution in [0.25, 0.3) is 0 Å². The van der Waals surface area contributed by atoms with E-state index in [4.69, 9.17) is 0 Å². The molecule has 0 saturated heterocycles. The monoisotopic (exact) mass is 120 g/mol. The zero-order valence-electron chi connectivity index (χ0n) is 4.02. The minimum Gasteiger partial charge on any atom is -0.288 e. The maximum absolute atomic E-state index is 10.0. The molecule has 0 bridgehead atoms. The molecule has 0 aromatic carbocycles. The molecular formula is C5H12OS. The summed E-state index contributed by atoms with van der Waals surface area (Å²) in [4.78, 5) is 10.0. The molecule has 0 aliphatic rings. The first-order valence-electron chi connectivity index (χ1n) is 1.90. The topological polar surface area (TPSA) is 17.1 Å². The standard InChI is InChI=1S/C4H8OS.CH4/c1-3-6-4(2)5;/h3H2,1-2H3;1H4. The summed E-state index contributed by atoms with van der Waals surface area (Å²) in [5.41, 5.74) is 0. The van der Waals surface area contributed by atoms with Crippen molar-refractivity contribution in [1.82, 2.24) is 0 Å². The van der Waals surface area contributed by atoms with Crippen LogP contribution in [-0.2, 0) is 4.79 Å². The summed E-state index contributed by atoms with van der Waals surface area (Å²) in [6, 6.07) is 0. The molecule has 0 saturated carbocycles. The lowest BCUT2D eigenvalue weighted by Crippen LogP contribution is -1.78. The molecule has 0 aliphatic heterocycles. The van der Waals surface area contributed by atoms with Crippen molar-refractivity contribution in [2.24, 2.45) is 0 Å². The Hall–Kier alpha value is 0.0200. The van der Waals surface area contributed by atoms with Gasteiger partial charge in [0, 0.05) is 6.92 Å². The lowest BCUT2D eigenvalue weighted by molar-refractivity contribution is -0.109. The van der Waals surface area contributed by atoms with Crippen molar-refractivity contribution in [1.29, 1.82) is 0 Å². The van der Waals surface area contributed by atoms with Crippen LogP contribution in [0.3, 0.4) is 0 Å². The maximum Gasteiger partial charge on any atom is 0.185 e. The molecule has 7 heavy (non-hydrogen) atoms. The first-order valence-corrected chi connectivity index (χ1v) is 2.89. The van der Waals surface area contributed by atoms with Gasteiger partial charge >= 0.3 is 0 Å². The lowest BCUT2D eigenvalue weighted by atomic mass is 10.9. The van der Waals surface area contributed by atoms with Gasteiger partial charge in [-0.25, -0.2) is 0 Å². The highest BCUT2D eigenvalue weighted by atomic mass is 32.2. The van der Waals surface area contributed by atoms with Crippen molar-refractivity contribution in [3.8, 4) is 0 Å². The third-order valence-electron chi connectivity index (χ3n) is 0.348. The highest BCUT2D eigenvalue weighted by molar-refractivity contribution is 8.13. The van der Waals surface area contributed by atoms with E-state index in [0.717, 1.165) is 5.75 Å². The van der Waals surface area contributed by atoms with Gasteiger partial charge in [-0.3, -0.25) is 4.79 Å². The van der Waals surface area contributed by atoms with Crippen molar-refractivity contribution in [3.63, 3.8) is 0 Å². The van der Waals surface area contributed by atoms with Gasteiger partial charge in [-0.2, -0.15) is 0 Å². The molecule has 0 atom stereocenters. The van der Waals surface area contributed by atoms with Gasteiger partial charge < -0.3 is 0 Å². The van der Waals surface area contributed by atoms with Crippen molar-refractivity contribution in [2.75, 3.05) is 5.75 Å². The van der Waals surface area contributed by atoms with Gasteiger partial charge in [0.1, 0.15) is 0 Å². The molecule has 1 nitrogen and oxygen atoms in total. The second-order valence-electron chi connectivity index (χ2n) is 0.925. The number of hydrogen-bond donors (Lipinski definition) is 0. The third-order valence-corrected chi connectivity index (χ3v) is 1.04. The molecule has 0 heterocycles. The van der Waals surface area contributed by atoms with Crippen LogP contribution in [0.15, 0.2) is 0 Å². The van der Waals surface area contributed by atoms with E-state index in [0.29, 0.717) is 0 Å². The van der Waals surface area contributed by atoms with E-state index in [1.165, 1.54) is 11.8 Å². The first kappa shape index (κ1) is 10.1. The summed E-state index contributed by atoms with van der Waals surface area (Å²) in [5, 5.41) is 0.206. The van der Waals surface area contributed by atoms with E-state index in [2.05, 4.69) is 0 Å². The normalized spacial score (nSPS) is 7.14. The quantitative estimate of drug-likeness (QED) is 0.526. The van der Waals surface area contributed by atoms with Crippen LogP contribution in [0.4, 0.5) is 0 Å². The molecule has 0 unspecified atom stereocenters. The van der Waals surface area contributed by atoms with Gasteiger partial charge in [0.2, 0.25) is 0 Å². The molecule has 0 spiro atoms. The van der Waals surface area contributed by atoms with E-state index in [1.807, 2.05) is 6.92 Å². The van der Waals surface area contributed by atoms with Crippen LogP contribution in [0, 0.1) is 0 Å². The third kappa shape index (κ3) is 10.7. The second-order valence-corrected chi connectivity index (χ2v) is 2.37. The Balaban J connectivity index is 0. The van der Waals surface area contributed by atoms with Gasteiger partial charge in [0.15, 0.2) is 5.12 Å². The molecule has 0 aromatic rings. The zero-order chi connectivity index (χ0) is 4.99. The van der Waals surface area contributed by atoms with Crippen LogP contribution in [0.2, 0.25) is 0 Å². The molecule has 0 aliphatic carbocycles. The van der Waals surface area contributed by atoms with Gasteiger partial charge in [-0.05, 0) is 5.75 Å². The lowest BCUT2D eigenvalue weighted by Gasteiger charge is -1.80. The SMILES string of the molecule is C.CCSC(C)=O. The van der Waals surface area contributed by atoms with Crippen LogP contribution in [-0.4, -0.2) is 10.9 Å². The van der Waals surface area contributed by atoms with E-state index in [-0.39, 0.29) is 12.5 Å². The number of carbonyl (C=O) groups excluding carboxylic acids is 1. The van der Waals surface area contributed by atoms with Crippen LogP contribution >= 0.6 is 11.8 Å². The van der Waals surface area contributed by atoms with Crippen LogP contribution in [0.5, 0.6) is 0 Å². The van der Waals surface area contributed by atoms with E-state index >= 15 is 0 Å². The Morgan fingerprint density at radius 3 is 2.14 bits per heavy atom. The van der Waals surface area contributed by atoms with Crippen molar-refractivity contribution >= 4 is 16.9 Å². The fourth-order valence-electron chi connectivity index (χ4n) is 0.203. The van der Waals surface area contributed by atoms with E-state index in [9.17, 15) is 4.79 Å². The zero-order valence-corrected chi connectivity index (χ0v) is 4.84. The molecular weight excluding hydrogens is 108 g/mol. The molecule has 44 valence electrons. The minimum absolute atomic E-state index is 0. The largest absolute Gasteiger partial charge is 0.288 e. The summed E-state index contributed by atoms with van der Waals surface area (Å²) in [5.74, 6) is 0.898. The highest BCUT2D eigenvalue weighted by Gasteiger charge is 1.84. The van der Waals surface area contributed by atoms with Gasteiger partial charge in [-0.15, -0.1) is 0 Å². The summed E-state index contributed by atoms with van der Waals surface area (Å²) in [7, 11) is 0. The molecule has 0 aromatic heterocycles. The Morgan fingerprint density at radius 2 is 2.14 bits per heavy atom. The fraction of sp³-hybridized carbons (Fsp3) is 0.800. The van der Waals surface area contributed by atoms with Gasteiger partial charge in [-0.1, -0.05) is 26.1 Å². The summed E-state index contributed by atoms with van der Waals surface area (Å²) >= 11 is 1.35. The number of rotatable bonds is 1. The Kier molecular flexibility index (Phi) is 8.68. The van der Waals surface area contributed by atoms with Gasteiger partial charge in [0.25, 0.3) is 0 Å². The Labute approximate surface area is 49.5 Å². The molecule has 2 heteroatoms. The number of carbonyl (C=O) groups is 1. The first-order chi connectivity index (χ1) is 2.77. The molecule has 0 radical (unpaired) electrons. The van der Waals surface area contributed by atoms with Crippen LogP contribution in [0.1, 0.15) is 21.3 Å². The maximum atomic E-state index is 10.0. The molecule has 0 N–H and O–H groups in total. The number of hydrogen-bond acceptors (Lipinski definition) is 2. The second kappa shape index (κ2) is 6.02. The van der Waals surface area contributed by atoms with Crippen LogP contribution < -0.4 is 0 Å². The predicted octanol–water partition coefficient (Wildman–Crippen LogP) is 1.92. The van der Waals surface area contributed by atoms with Crippen molar-refractivity contribution < 1.29 is 4.79 Å². The number of thioether (sulfide) groups is 1. The highest BCUT2D eigenvalue weighted by Crippen LogP contribution is 1.96. The molecule has 0 amide bonds. The predicted molar refractivity (Wildman–Crippen MR) is 35.5 cm³/mol. The smallest absolute Gasteiger partial charge is 0.185 e.